The molecule has 120 valence electrons. The number of nitrogens with zero attached hydrogens (tertiary/aromatic N) is 1. The van der Waals surface area contributed by atoms with Crippen molar-refractivity contribution >= 4 is 17.3 Å². The molecule has 23 heavy (non-hydrogen) atoms. The number of likely N-dealkylation sites (N-methyl/N-ethyl adjacent to an activating group) is 1. The molecule has 4 heteroatoms. The summed E-state index contributed by atoms with van der Waals surface area (Å²) in [6.07, 6.45) is 1.06. The second kappa shape index (κ2) is 6.73. The maximum atomic E-state index is 11.8. The van der Waals surface area contributed by atoms with Gasteiger partial charge in [-0.2, -0.15) is 0 Å². The number of rotatable bonds is 5. The first kappa shape index (κ1) is 15.4. The largest absolute Gasteiger partial charge is 0.481 e. The molecule has 3 rings (SSSR count). The van der Waals surface area contributed by atoms with Crippen LogP contribution in [0.5, 0.6) is 5.75 Å². The van der Waals surface area contributed by atoms with Gasteiger partial charge in [0.05, 0.1) is 5.69 Å². The Balaban J connectivity index is 1.70. The molecule has 2 aromatic carbocycles. The van der Waals surface area contributed by atoms with Crippen molar-refractivity contribution in [2.45, 2.75) is 26.8 Å². The normalized spacial score (nSPS) is 13.5. The number of carbonyl (C=O) groups is 1. The molecule has 1 heterocycles. The fraction of sp³-hybridized carbons (Fsp3) is 0.316. The van der Waals surface area contributed by atoms with Gasteiger partial charge in [-0.05, 0) is 36.6 Å². The first-order chi connectivity index (χ1) is 11.2. The van der Waals surface area contributed by atoms with Gasteiger partial charge in [0.1, 0.15) is 5.75 Å². The summed E-state index contributed by atoms with van der Waals surface area (Å²) in [5.74, 6) is 0.773. The zero-order valence-electron chi connectivity index (χ0n) is 13.6. The summed E-state index contributed by atoms with van der Waals surface area (Å²) < 4.78 is 5.56. The molecule has 1 N–H and O–H groups in total. The molecule has 0 atom stereocenters. The second-order valence-electron chi connectivity index (χ2n) is 5.63. The number of nitrogens with one attached hydrogen (secondary N) is 1. The van der Waals surface area contributed by atoms with Gasteiger partial charge < -0.3 is 15.0 Å². The Kier molecular flexibility index (Phi) is 4.51. The van der Waals surface area contributed by atoms with Gasteiger partial charge in [-0.3, -0.25) is 4.79 Å². The van der Waals surface area contributed by atoms with Gasteiger partial charge in [0.25, 0.3) is 5.91 Å². The van der Waals surface area contributed by atoms with E-state index in [0.29, 0.717) is 6.54 Å². The lowest BCUT2D eigenvalue weighted by molar-refractivity contribution is -0.121. The van der Waals surface area contributed by atoms with E-state index < -0.39 is 0 Å². The fourth-order valence-electron chi connectivity index (χ4n) is 2.76. The van der Waals surface area contributed by atoms with Crippen LogP contribution in [0.25, 0.3) is 0 Å². The van der Waals surface area contributed by atoms with Crippen molar-refractivity contribution in [1.82, 2.24) is 0 Å². The van der Waals surface area contributed by atoms with Crippen molar-refractivity contribution < 1.29 is 9.53 Å². The smallest absolute Gasteiger partial charge is 0.265 e. The molecule has 0 fully saturated rings. The maximum absolute atomic E-state index is 11.8. The van der Waals surface area contributed by atoms with E-state index >= 15 is 0 Å². The molecule has 0 aromatic heterocycles. The molecular weight excluding hydrogens is 288 g/mol. The van der Waals surface area contributed by atoms with Gasteiger partial charge in [-0.25, -0.2) is 0 Å². The Morgan fingerprint density at radius 2 is 1.83 bits per heavy atom. The zero-order valence-corrected chi connectivity index (χ0v) is 13.6. The molecule has 0 aliphatic carbocycles. The predicted octanol–water partition coefficient (Wildman–Crippen LogP) is 3.61. The van der Waals surface area contributed by atoms with E-state index in [1.165, 1.54) is 11.1 Å². The molecule has 1 amide bonds. The molecule has 0 bridgehead atoms. The van der Waals surface area contributed by atoms with Crippen molar-refractivity contribution in [2.75, 3.05) is 23.4 Å². The Labute approximate surface area is 137 Å². The van der Waals surface area contributed by atoms with Crippen LogP contribution in [-0.4, -0.2) is 19.1 Å². The van der Waals surface area contributed by atoms with Gasteiger partial charge in [0.2, 0.25) is 0 Å². The monoisotopic (exact) mass is 310 g/mol. The Bertz CT molecular complexity index is 695. The van der Waals surface area contributed by atoms with Crippen LogP contribution in [0.4, 0.5) is 11.4 Å². The van der Waals surface area contributed by atoms with Crippen molar-refractivity contribution in [3.05, 3.63) is 53.6 Å². The first-order valence-electron chi connectivity index (χ1n) is 8.10. The molecule has 0 spiro atoms. The standard InChI is InChI=1S/C19H22N2O2/c1-3-14-5-7-15(8-6-14)12-20-16-9-10-17-18(11-16)23-13-19(22)21(17)4-2/h5-11,20H,3-4,12-13H2,1-2H3. The number of hydrogen-bond acceptors (Lipinski definition) is 3. The van der Waals surface area contributed by atoms with Gasteiger partial charge in [-0.15, -0.1) is 0 Å². The van der Waals surface area contributed by atoms with Crippen LogP contribution in [0.15, 0.2) is 42.5 Å². The van der Waals surface area contributed by atoms with E-state index in [4.69, 9.17) is 4.74 Å². The summed E-state index contributed by atoms with van der Waals surface area (Å²) in [7, 11) is 0. The van der Waals surface area contributed by atoms with E-state index in [2.05, 4.69) is 36.5 Å². The van der Waals surface area contributed by atoms with Crippen molar-refractivity contribution in [3.63, 3.8) is 0 Å². The van der Waals surface area contributed by atoms with E-state index in [1.54, 1.807) is 4.90 Å². The van der Waals surface area contributed by atoms with Gasteiger partial charge in [0.15, 0.2) is 6.61 Å². The number of amides is 1. The summed E-state index contributed by atoms with van der Waals surface area (Å²) in [6.45, 7) is 5.66. The van der Waals surface area contributed by atoms with Crippen LogP contribution in [0, 0.1) is 0 Å². The summed E-state index contributed by atoms with van der Waals surface area (Å²) in [4.78, 5) is 13.6. The highest BCUT2D eigenvalue weighted by molar-refractivity contribution is 5.98. The minimum absolute atomic E-state index is 0.0109. The predicted molar refractivity (Wildman–Crippen MR) is 93.1 cm³/mol. The van der Waals surface area contributed by atoms with Crippen molar-refractivity contribution in [2.24, 2.45) is 0 Å². The highest BCUT2D eigenvalue weighted by Crippen LogP contribution is 2.34. The fourth-order valence-corrected chi connectivity index (χ4v) is 2.76. The Morgan fingerprint density at radius 1 is 1.09 bits per heavy atom. The topological polar surface area (TPSA) is 41.6 Å². The van der Waals surface area contributed by atoms with Crippen LogP contribution in [0.3, 0.4) is 0 Å². The van der Waals surface area contributed by atoms with Crippen LogP contribution < -0.4 is 15.0 Å². The van der Waals surface area contributed by atoms with Crippen molar-refractivity contribution in [3.8, 4) is 5.75 Å². The molecule has 0 saturated carbocycles. The quantitative estimate of drug-likeness (QED) is 0.917. The average molecular weight is 310 g/mol. The number of aryl methyl sites for hydroxylation is 1. The molecule has 4 nitrogen and oxygen atoms in total. The molecular formula is C19H22N2O2. The summed E-state index contributed by atoms with van der Waals surface area (Å²) in [6, 6.07) is 14.5. The third-order valence-electron chi connectivity index (χ3n) is 4.15. The number of fused-ring (bicyclic) bond motifs is 1. The Hall–Kier alpha value is -2.49. The lowest BCUT2D eigenvalue weighted by atomic mass is 10.1. The summed E-state index contributed by atoms with van der Waals surface area (Å²) in [5, 5.41) is 3.41. The van der Waals surface area contributed by atoms with Crippen molar-refractivity contribution in [1.29, 1.82) is 0 Å². The van der Waals surface area contributed by atoms with Gasteiger partial charge in [-0.1, -0.05) is 31.2 Å². The first-order valence-corrected chi connectivity index (χ1v) is 8.10. The number of carbonyl (C=O) groups excluding carboxylic acids is 1. The molecule has 0 saturated heterocycles. The maximum Gasteiger partial charge on any atom is 0.265 e. The molecule has 1 aliphatic rings. The molecule has 1 aliphatic heterocycles. The number of hydrogen-bond donors (Lipinski definition) is 1. The van der Waals surface area contributed by atoms with E-state index in [9.17, 15) is 4.79 Å². The summed E-state index contributed by atoms with van der Waals surface area (Å²) in [5.41, 5.74) is 4.43. The number of ether oxygens (including phenoxy) is 1. The molecule has 0 unspecified atom stereocenters. The third kappa shape index (κ3) is 3.31. The average Bonchev–Trinajstić information content (AvgIpc) is 2.60. The minimum atomic E-state index is 0.0109. The lowest BCUT2D eigenvalue weighted by Gasteiger charge is -2.28. The van der Waals surface area contributed by atoms with Gasteiger partial charge >= 0.3 is 0 Å². The van der Waals surface area contributed by atoms with Crippen LogP contribution in [0.1, 0.15) is 25.0 Å². The van der Waals surface area contributed by atoms with E-state index in [-0.39, 0.29) is 12.5 Å². The van der Waals surface area contributed by atoms with Crippen LogP contribution in [0.2, 0.25) is 0 Å². The molecule has 2 aromatic rings. The van der Waals surface area contributed by atoms with Crippen LogP contribution >= 0.6 is 0 Å². The SMILES string of the molecule is CCc1ccc(CNc2ccc3c(c2)OCC(=O)N3CC)cc1. The number of anilines is 2. The number of benzene rings is 2. The highest BCUT2D eigenvalue weighted by Gasteiger charge is 2.24. The third-order valence-corrected chi connectivity index (χ3v) is 4.15. The van der Waals surface area contributed by atoms with E-state index in [0.717, 1.165) is 30.1 Å². The molecule has 0 radical (unpaired) electrons. The minimum Gasteiger partial charge on any atom is -0.481 e. The van der Waals surface area contributed by atoms with E-state index in [1.807, 2.05) is 25.1 Å². The van der Waals surface area contributed by atoms with Crippen LogP contribution in [-0.2, 0) is 17.8 Å². The lowest BCUT2D eigenvalue weighted by Crippen LogP contribution is -2.38. The summed E-state index contributed by atoms with van der Waals surface area (Å²) >= 11 is 0. The second-order valence-corrected chi connectivity index (χ2v) is 5.63. The van der Waals surface area contributed by atoms with Gasteiger partial charge in [0, 0.05) is 24.8 Å². The zero-order chi connectivity index (χ0) is 16.2. The Morgan fingerprint density at radius 3 is 2.52 bits per heavy atom. The highest BCUT2D eigenvalue weighted by atomic mass is 16.5.